The maximum absolute atomic E-state index is 11.3. The Morgan fingerprint density at radius 3 is 2.68 bits per heavy atom. The molecule has 1 aliphatic heterocycles. The van der Waals surface area contributed by atoms with Crippen LogP contribution in [0.5, 0.6) is 0 Å². The molecule has 1 aromatic heterocycles. The zero-order valence-corrected chi connectivity index (χ0v) is 10.5. The fourth-order valence-corrected chi connectivity index (χ4v) is 2.29. The standard InChI is InChI=1S/C13H15N5O/c14-11(19)12-16-10-4-2-1-3-9(10)13(17-12)18-7-5-15-6-8-18/h1-4,15H,5-8H2,(H2,14,19). The van der Waals surface area contributed by atoms with Crippen LogP contribution in [0.3, 0.4) is 0 Å². The third-order valence-electron chi connectivity index (χ3n) is 3.22. The van der Waals surface area contributed by atoms with Gasteiger partial charge in [-0.15, -0.1) is 0 Å². The lowest BCUT2D eigenvalue weighted by Crippen LogP contribution is -2.44. The summed E-state index contributed by atoms with van der Waals surface area (Å²) in [4.78, 5) is 22.0. The van der Waals surface area contributed by atoms with Crippen LogP contribution in [0.1, 0.15) is 10.6 Å². The predicted molar refractivity (Wildman–Crippen MR) is 73.1 cm³/mol. The molecule has 1 aliphatic rings. The van der Waals surface area contributed by atoms with Gasteiger partial charge in [-0.1, -0.05) is 12.1 Å². The van der Waals surface area contributed by atoms with Crippen molar-refractivity contribution in [3.63, 3.8) is 0 Å². The largest absolute Gasteiger partial charge is 0.363 e. The average molecular weight is 257 g/mol. The fraction of sp³-hybridized carbons (Fsp3) is 0.308. The smallest absolute Gasteiger partial charge is 0.286 e. The van der Waals surface area contributed by atoms with E-state index in [-0.39, 0.29) is 5.82 Å². The van der Waals surface area contributed by atoms with Crippen LogP contribution < -0.4 is 16.0 Å². The number of nitrogens with one attached hydrogen (secondary N) is 1. The Balaban J connectivity index is 2.16. The quantitative estimate of drug-likeness (QED) is 0.799. The van der Waals surface area contributed by atoms with E-state index in [1.807, 2.05) is 24.3 Å². The van der Waals surface area contributed by atoms with Crippen LogP contribution in [0.25, 0.3) is 10.9 Å². The Morgan fingerprint density at radius 2 is 1.95 bits per heavy atom. The van der Waals surface area contributed by atoms with Crippen molar-refractivity contribution in [3.8, 4) is 0 Å². The van der Waals surface area contributed by atoms with Crippen LogP contribution in [0.4, 0.5) is 5.82 Å². The molecule has 1 saturated heterocycles. The fourth-order valence-electron chi connectivity index (χ4n) is 2.29. The number of primary amides is 1. The molecule has 6 heteroatoms. The highest BCUT2D eigenvalue weighted by atomic mass is 16.1. The number of para-hydroxylation sites is 1. The zero-order valence-electron chi connectivity index (χ0n) is 10.5. The van der Waals surface area contributed by atoms with Gasteiger partial charge in [0.1, 0.15) is 5.82 Å². The summed E-state index contributed by atoms with van der Waals surface area (Å²) >= 11 is 0. The summed E-state index contributed by atoms with van der Waals surface area (Å²) in [6.45, 7) is 3.53. The minimum absolute atomic E-state index is 0.0761. The molecule has 0 radical (unpaired) electrons. The Kier molecular flexibility index (Phi) is 3.00. The molecule has 0 atom stereocenters. The predicted octanol–water partition coefficient (Wildman–Crippen LogP) is 0.138. The van der Waals surface area contributed by atoms with Gasteiger partial charge in [0.05, 0.1) is 5.52 Å². The van der Waals surface area contributed by atoms with Gasteiger partial charge in [-0.2, -0.15) is 0 Å². The van der Waals surface area contributed by atoms with Crippen LogP contribution in [0, 0.1) is 0 Å². The number of anilines is 1. The zero-order chi connectivity index (χ0) is 13.2. The molecule has 3 N–H and O–H groups in total. The van der Waals surface area contributed by atoms with Gasteiger partial charge >= 0.3 is 0 Å². The van der Waals surface area contributed by atoms with Gasteiger partial charge < -0.3 is 16.0 Å². The second-order valence-corrected chi connectivity index (χ2v) is 4.49. The average Bonchev–Trinajstić information content (AvgIpc) is 2.47. The molecule has 1 aromatic carbocycles. The van der Waals surface area contributed by atoms with E-state index >= 15 is 0 Å². The third-order valence-corrected chi connectivity index (χ3v) is 3.22. The molecule has 98 valence electrons. The minimum atomic E-state index is -0.595. The highest BCUT2D eigenvalue weighted by Crippen LogP contribution is 2.23. The summed E-state index contributed by atoms with van der Waals surface area (Å²) in [5, 5.41) is 4.25. The van der Waals surface area contributed by atoms with E-state index < -0.39 is 5.91 Å². The van der Waals surface area contributed by atoms with Gasteiger partial charge in [-0.25, -0.2) is 9.97 Å². The van der Waals surface area contributed by atoms with Crippen molar-refractivity contribution in [3.05, 3.63) is 30.1 Å². The van der Waals surface area contributed by atoms with Gasteiger partial charge in [0.2, 0.25) is 5.82 Å². The summed E-state index contributed by atoms with van der Waals surface area (Å²) < 4.78 is 0. The molecular weight excluding hydrogens is 242 g/mol. The van der Waals surface area contributed by atoms with Crippen molar-refractivity contribution in [2.75, 3.05) is 31.1 Å². The molecule has 2 aromatic rings. The number of hydrogen-bond donors (Lipinski definition) is 2. The van der Waals surface area contributed by atoms with Gasteiger partial charge in [0.25, 0.3) is 5.91 Å². The molecule has 6 nitrogen and oxygen atoms in total. The minimum Gasteiger partial charge on any atom is -0.363 e. The van der Waals surface area contributed by atoms with E-state index in [4.69, 9.17) is 5.73 Å². The Labute approximate surface area is 110 Å². The van der Waals surface area contributed by atoms with Crippen LogP contribution in [-0.4, -0.2) is 42.1 Å². The van der Waals surface area contributed by atoms with E-state index in [2.05, 4.69) is 20.2 Å². The number of rotatable bonds is 2. The molecular formula is C13H15N5O. The third kappa shape index (κ3) is 2.22. The molecule has 3 rings (SSSR count). The van der Waals surface area contributed by atoms with Crippen LogP contribution in [0.2, 0.25) is 0 Å². The summed E-state index contributed by atoms with van der Waals surface area (Å²) in [6, 6.07) is 7.68. The SMILES string of the molecule is NC(=O)c1nc(N2CCNCC2)c2ccccc2n1. The number of aromatic nitrogens is 2. The number of carbonyl (C=O) groups is 1. The van der Waals surface area contributed by atoms with Crippen molar-refractivity contribution in [2.24, 2.45) is 5.73 Å². The Bertz CT molecular complexity index is 621. The number of benzene rings is 1. The molecule has 0 saturated carbocycles. The number of nitrogens with zero attached hydrogens (tertiary/aromatic N) is 3. The van der Waals surface area contributed by atoms with E-state index in [9.17, 15) is 4.79 Å². The van der Waals surface area contributed by atoms with E-state index in [0.717, 1.165) is 42.9 Å². The van der Waals surface area contributed by atoms with E-state index in [1.54, 1.807) is 0 Å². The number of carbonyl (C=O) groups excluding carboxylic acids is 1. The van der Waals surface area contributed by atoms with Crippen molar-refractivity contribution < 1.29 is 4.79 Å². The van der Waals surface area contributed by atoms with Crippen molar-refractivity contribution in [2.45, 2.75) is 0 Å². The number of hydrogen-bond acceptors (Lipinski definition) is 5. The maximum atomic E-state index is 11.3. The summed E-state index contributed by atoms with van der Waals surface area (Å²) in [5.41, 5.74) is 6.06. The highest BCUT2D eigenvalue weighted by Gasteiger charge is 2.18. The van der Waals surface area contributed by atoms with Crippen LogP contribution >= 0.6 is 0 Å². The number of amides is 1. The molecule has 0 aliphatic carbocycles. The Hall–Kier alpha value is -2.21. The van der Waals surface area contributed by atoms with Crippen LogP contribution in [-0.2, 0) is 0 Å². The first-order valence-electron chi connectivity index (χ1n) is 6.28. The van der Waals surface area contributed by atoms with Gasteiger partial charge in [-0.3, -0.25) is 4.79 Å². The molecule has 0 spiro atoms. The summed E-state index contributed by atoms with van der Waals surface area (Å²) in [6.07, 6.45) is 0. The van der Waals surface area contributed by atoms with Crippen molar-refractivity contribution in [1.29, 1.82) is 0 Å². The summed E-state index contributed by atoms with van der Waals surface area (Å²) in [7, 11) is 0. The molecule has 1 amide bonds. The van der Waals surface area contributed by atoms with E-state index in [1.165, 1.54) is 0 Å². The highest BCUT2D eigenvalue weighted by molar-refractivity contribution is 5.95. The topological polar surface area (TPSA) is 84.1 Å². The number of fused-ring (bicyclic) bond motifs is 1. The van der Waals surface area contributed by atoms with Crippen LogP contribution in [0.15, 0.2) is 24.3 Å². The summed E-state index contributed by atoms with van der Waals surface area (Å²) in [5.74, 6) is 0.273. The molecule has 2 heterocycles. The molecule has 1 fully saturated rings. The maximum Gasteiger partial charge on any atom is 0.286 e. The number of nitrogens with two attached hydrogens (primary N) is 1. The molecule has 0 bridgehead atoms. The first kappa shape index (κ1) is 11.9. The lowest BCUT2D eigenvalue weighted by Gasteiger charge is -2.29. The van der Waals surface area contributed by atoms with E-state index in [0.29, 0.717) is 0 Å². The van der Waals surface area contributed by atoms with Gasteiger partial charge in [0.15, 0.2) is 0 Å². The lowest BCUT2D eigenvalue weighted by atomic mass is 10.2. The first-order chi connectivity index (χ1) is 9.25. The van der Waals surface area contributed by atoms with Gasteiger partial charge in [0, 0.05) is 31.6 Å². The van der Waals surface area contributed by atoms with Crippen molar-refractivity contribution in [1.82, 2.24) is 15.3 Å². The first-order valence-corrected chi connectivity index (χ1v) is 6.28. The normalized spacial score (nSPS) is 15.7. The second-order valence-electron chi connectivity index (χ2n) is 4.49. The number of piperazine rings is 1. The Morgan fingerprint density at radius 1 is 1.21 bits per heavy atom. The molecule has 19 heavy (non-hydrogen) atoms. The monoisotopic (exact) mass is 257 g/mol. The van der Waals surface area contributed by atoms with Gasteiger partial charge in [-0.05, 0) is 12.1 Å². The molecule has 0 unspecified atom stereocenters. The second kappa shape index (κ2) is 4.81. The van der Waals surface area contributed by atoms with Crippen molar-refractivity contribution >= 4 is 22.6 Å². The lowest BCUT2D eigenvalue weighted by molar-refractivity contribution is 0.0991.